The van der Waals surface area contributed by atoms with Crippen LogP contribution < -0.4 is 5.32 Å². The summed E-state index contributed by atoms with van der Waals surface area (Å²) < 4.78 is 0. The van der Waals surface area contributed by atoms with Crippen LogP contribution in [0.15, 0.2) is 29.9 Å². The van der Waals surface area contributed by atoms with Gasteiger partial charge in [-0.05, 0) is 25.0 Å². The number of amides is 1. The molecule has 1 N–H and O–H groups in total. The summed E-state index contributed by atoms with van der Waals surface area (Å²) in [5.74, 6) is 0.478. The molecule has 0 radical (unpaired) electrons. The van der Waals surface area contributed by atoms with E-state index in [0.29, 0.717) is 6.54 Å². The van der Waals surface area contributed by atoms with Gasteiger partial charge in [0.15, 0.2) is 0 Å². The minimum absolute atomic E-state index is 0.198. The van der Waals surface area contributed by atoms with Crippen LogP contribution in [-0.2, 0) is 11.2 Å². The third kappa shape index (κ3) is 3.17. The fourth-order valence-corrected chi connectivity index (χ4v) is 2.66. The largest absolute Gasteiger partial charge is 0.355 e. The molecule has 2 aromatic rings. The molecule has 98 valence electrons. The molecule has 5 heteroatoms. The molecule has 0 unspecified atom stereocenters. The van der Waals surface area contributed by atoms with Crippen molar-refractivity contribution in [2.45, 2.75) is 19.3 Å². The Balaban J connectivity index is 1.54. The maximum absolute atomic E-state index is 11.5. The predicted octanol–water partition coefficient (Wildman–Crippen LogP) is 2.27. The van der Waals surface area contributed by atoms with Crippen molar-refractivity contribution in [3.05, 3.63) is 34.9 Å². The second-order valence-corrected chi connectivity index (χ2v) is 5.63. The quantitative estimate of drug-likeness (QED) is 0.909. The maximum atomic E-state index is 11.5. The Labute approximate surface area is 115 Å². The maximum Gasteiger partial charge on any atom is 0.223 e. The molecule has 19 heavy (non-hydrogen) atoms. The molecule has 0 aromatic carbocycles. The van der Waals surface area contributed by atoms with Crippen molar-refractivity contribution in [3.8, 4) is 11.3 Å². The van der Waals surface area contributed by atoms with E-state index in [1.807, 2.05) is 23.7 Å². The Morgan fingerprint density at radius 2 is 2.37 bits per heavy atom. The van der Waals surface area contributed by atoms with E-state index in [1.54, 1.807) is 17.5 Å². The Morgan fingerprint density at radius 1 is 1.47 bits per heavy atom. The lowest BCUT2D eigenvalue weighted by molar-refractivity contribution is -0.122. The zero-order valence-corrected chi connectivity index (χ0v) is 11.3. The molecule has 4 nitrogen and oxygen atoms in total. The molecule has 0 spiro atoms. The number of hydrogen-bond acceptors (Lipinski definition) is 4. The molecule has 0 atom stereocenters. The predicted molar refractivity (Wildman–Crippen MR) is 74.8 cm³/mol. The second kappa shape index (κ2) is 5.48. The standard InChI is InChI=1S/C14H15N3OS/c18-14(10-3-4-10)16-7-5-13-17-12(9-19-13)11-2-1-6-15-8-11/h1-2,6,8-10H,3-5,7H2,(H,16,18). The molecule has 1 amide bonds. The van der Waals surface area contributed by atoms with Gasteiger partial charge in [-0.1, -0.05) is 0 Å². The zero-order valence-electron chi connectivity index (χ0n) is 10.5. The number of pyridine rings is 1. The summed E-state index contributed by atoms with van der Waals surface area (Å²) in [4.78, 5) is 20.1. The third-order valence-corrected chi connectivity index (χ3v) is 4.00. The van der Waals surface area contributed by atoms with Crippen molar-refractivity contribution < 1.29 is 4.79 Å². The second-order valence-electron chi connectivity index (χ2n) is 4.68. The lowest BCUT2D eigenvalue weighted by Crippen LogP contribution is -2.26. The van der Waals surface area contributed by atoms with Gasteiger partial charge in [0.1, 0.15) is 0 Å². The highest BCUT2D eigenvalue weighted by Crippen LogP contribution is 2.28. The third-order valence-electron chi connectivity index (χ3n) is 3.10. The highest BCUT2D eigenvalue weighted by Gasteiger charge is 2.29. The lowest BCUT2D eigenvalue weighted by atomic mass is 10.2. The minimum Gasteiger partial charge on any atom is -0.355 e. The van der Waals surface area contributed by atoms with Crippen LogP contribution in [-0.4, -0.2) is 22.4 Å². The molecule has 1 fully saturated rings. The minimum atomic E-state index is 0.198. The van der Waals surface area contributed by atoms with E-state index in [1.165, 1.54) is 0 Å². The van der Waals surface area contributed by atoms with E-state index < -0.39 is 0 Å². The molecule has 0 bridgehead atoms. The van der Waals surface area contributed by atoms with Crippen LogP contribution in [0.5, 0.6) is 0 Å². The van der Waals surface area contributed by atoms with Crippen molar-refractivity contribution >= 4 is 17.2 Å². The fourth-order valence-electron chi connectivity index (χ4n) is 1.86. The van der Waals surface area contributed by atoms with Gasteiger partial charge in [0, 0.05) is 42.2 Å². The van der Waals surface area contributed by atoms with Crippen molar-refractivity contribution in [1.82, 2.24) is 15.3 Å². The topological polar surface area (TPSA) is 54.9 Å². The van der Waals surface area contributed by atoms with Crippen LogP contribution in [0.2, 0.25) is 0 Å². The monoisotopic (exact) mass is 273 g/mol. The number of carbonyl (C=O) groups excluding carboxylic acids is 1. The van der Waals surface area contributed by atoms with E-state index in [4.69, 9.17) is 0 Å². The lowest BCUT2D eigenvalue weighted by Gasteiger charge is -2.01. The summed E-state index contributed by atoms with van der Waals surface area (Å²) in [6, 6.07) is 3.91. The molecular weight excluding hydrogens is 258 g/mol. The highest BCUT2D eigenvalue weighted by atomic mass is 32.1. The van der Waals surface area contributed by atoms with Gasteiger partial charge < -0.3 is 5.32 Å². The van der Waals surface area contributed by atoms with Gasteiger partial charge in [0.2, 0.25) is 5.91 Å². The number of thiazole rings is 1. The smallest absolute Gasteiger partial charge is 0.223 e. The molecular formula is C14H15N3OS. The fraction of sp³-hybridized carbons (Fsp3) is 0.357. The summed E-state index contributed by atoms with van der Waals surface area (Å²) in [6.07, 6.45) is 6.46. The number of carbonyl (C=O) groups is 1. The molecule has 1 saturated carbocycles. The first-order valence-electron chi connectivity index (χ1n) is 6.45. The van der Waals surface area contributed by atoms with E-state index in [-0.39, 0.29) is 11.8 Å². The summed E-state index contributed by atoms with van der Waals surface area (Å²) >= 11 is 1.63. The van der Waals surface area contributed by atoms with Crippen LogP contribution in [0, 0.1) is 5.92 Å². The Kier molecular flexibility index (Phi) is 3.55. The Morgan fingerprint density at radius 3 is 3.11 bits per heavy atom. The molecule has 2 aromatic heterocycles. The summed E-state index contributed by atoms with van der Waals surface area (Å²) in [5.41, 5.74) is 1.99. The van der Waals surface area contributed by atoms with Gasteiger partial charge in [0.25, 0.3) is 0 Å². The Hall–Kier alpha value is -1.75. The highest BCUT2D eigenvalue weighted by molar-refractivity contribution is 7.09. The first kappa shape index (κ1) is 12.3. The van der Waals surface area contributed by atoms with Crippen LogP contribution in [0.1, 0.15) is 17.8 Å². The van der Waals surface area contributed by atoms with Gasteiger partial charge in [-0.2, -0.15) is 0 Å². The SMILES string of the molecule is O=C(NCCc1nc(-c2cccnc2)cs1)C1CC1. The molecule has 1 aliphatic rings. The number of rotatable bonds is 5. The number of nitrogens with one attached hydrogen (secondary N) is 1. The van der Waals surface area contributed by atoms with Crippen LogP contribution in [0.25, 0.3) is 11.3 Å². The summed E-state index contributed by atoms with van der Waals surface area (Å²) in [7, 11) is 0. The number of nitrogens with zero attached hydrogens (tertiary/aromatic N) is 2. The van der Waals surface area contributed by atoms with Crippen molar-refractivity contribution in [1.29, 1.82) is 0 Å². The van der Waals surface area contributed by atoms with Crippen LogP contribution in [0.3, 0.4) is 0 Å². The van der Waals surface area contributed by atoms with Gasteiger partial charge in [0.05, 0.1) is 10.7 Å². The number of aromatic nitrogens is 2. The first-order chi connectivity index (χ1) is 9.33. The van der Waals surface area contributed by atoms with Gasteiger partial charge >= 0.3 is 0 Å². The number of hydrogen-bond donors (Lipinski definition) is 1. The van der Waals surface area contributed by atoms with E-state index in [0.717, 1.165) is 35.5 Å². The molecule has 0 saturated heterocycles. The Bertz CT molecular complexity index is 563. The van der Waals surface area contributed by atoms with E-state index in [9.17, 15) is 4.79 Å². The van der Waals surface area contributed by atoms with E-state index in [2.05, 4.69) is 15.3 Å². The molecule has 0 aliphatic heterocycles. The van der Waals surface area contributed by atoms with Crippen molar-refractivity contribution in [2.24, 2.45) is 5.92 Å². The van der Waals surface area contributed by atoms with Gasteiger partial charge in [-0.3, -0.25) is 9.78 Å². The average molecular weight is 273 g/mol. The van der Waals surface area contributed by atoms with Crippen molar-refractivity contribution in [2.75, 3.05) is 6.54 Å². The van der Waals surface area contributed by atoms with Crippen molar-refractivity contribution in [3.63, 3.8) is 0 Å². The average Bonchev–Trinajstić information content (AvgIpc) is 3.20. The van der Waals surface area contributed by atoms with Gasteiger partial charge in [-0.25, -0.2) is 4.98 Å². The first-order valence-corrected chi connectivity index (χ1v) is 7.33. The van der Waals surface area contributed by atoms with Gasteiger partial charge in [-0.15, -0.1) is 11.3 Å². The molecule has 3 rings (SSSR count). The normalized spacial score (nSPS) is 14.3. The summed E-state index contributed by atoms with van der Waals surface area (Å²) in [5, 5.41) is 6.05. The van der Waals surface area contributed by atoms with Crippen LogP contribution >= 0.6 is 11.3 Å². The summed E-state index contributed by atoms with van der Waals surface area (Å²) in [6.45, 7) is 0.676. The van der Waals surface area contributed by atoms with E-state index >= 15 is 0 Å². The van der Waals surface area contributed by atoms with Crippen LogP contribution in [0.4, 0.5) is 0 Å². The molecule has 1 aliphatic carbocycles. The zero-order chi connectivity index (χ0) is 13.1. The molecule has 2 heterocycles.